The van der Waals surface area contributed by atoms with E-state index in [0.29, 0.717) is 6.04 Å². The van der Waals surface area contributed by atoms with Gasteiger partial charge in [-0.25, -0.2) is 0 Å². The Kier molecular flexibility index (Phi) is 32.6. The number of nitrogens with one attached hydrogen (secondary N) is 1. The highest BCUT2D eigenvalue weighted by molar-refractivity contribution is 5.53. The van der Waals surface area contributed by atoms with Gasteiger partial charge in [0.1, 0.15) is 0 Å². The summed E-state index contributed by atoms with van der Waals surface area (Å²) in [6.07, 6.45) is 4.06. The van der Waals surface area contributed by atoms with Crippen LogP contribution >= 0.6 is 0 Å². The van der Waals surface area contributed by atoms with Gasteiger partial charge in [-0.3, -0.25) is 4.99 Å². The lowest BCUT2D eigenvalue weighted by Gasteiger charge is -1.88. The molecule has 0 fully saturated rings. The maximum absolute atomic E-state index is 6.33. The summed E-state index contributed by atoms with van der Waals surface area (Å²) >= 11 is 0. The lowest BCUT2D eigenvalue weighted by atomic mass is 10.4. The maximum Gasteiger partial charge on any atom is 0.0439 e. The van der Waals surface area contributed by atoms with E-state index in [2.05, 4.69) is 18.8 Å². The highest BCUT2D eigenvalue weighted by atomic mass is 14.7. The first kappa shape index (κ1) is 17.4. The molecule has 0 aliphatic heterocycles. The summed E-state index contributed by atoms with van der Waals surface area (Å²) in [4.78, 5) is 4.00. The Hall–Kier alpha value is -0.660. The van der Waals surface area contributed by atoms with Gasteiger partial charge in [-0.05, 0) is 39.6 Å². The molecule has 0 spiro atoms. The molecule has 0 aliphatic carbocycles. The van der Waals surface area contributed by atoms with Crippen LogP contribution in [0.5, 0.6) is 0 Å². The molecule has 0 unspecified atom stereocenters. The first-order valence-corrected chi connectivity index (χ1v) is 4.65. The van der Waals surface area contributed by atoms with Crippen molar-refractivity contribution in [1.82, 2.24) is 0 Å². The second kappa shape index (κ2) is 22.4. The van der Waals surface area contributed by atoms with Crippen LogP contribution in [0.4, 0.5) is 0 Å². The molecule has 0 atom stereocenters. The van der Waals surface area contributed by atoms with Crippen LogP contribution < -0.4 is 0 Å². The zero-order valence-corrected chi connectivity index (χ0v) is 9.39. The van der Waals surface area contributed by atoms with Gasteiger partial charge < -0.3 is 5.41 Å². The molecule has 0 aliphatic rings. The summed E-state index contributed by atoms with van der Waals surface area (Å²) in [5, 5.41) is 6.33. The van der Waals surface area contributed by atoms with Gasteiger partial charge in [-0.15, -0.1) is 0 Å². The summed E-state index contributed by atoms with van der Waals surface area (Å²) < 4.78 is 0. The number of rotatable bonds is 2. The largest absolute Gasteiger partial charge is 0.313 e. The van der Waals surface area contributed by atoms with Gasteiger partial charge in [0.2, 0.25) is 0 Å². The van der Waals surface area contributed by atoms with Crippen LogP contribution in [0.3, 0.4) is 0 Å². The van der Waals surface area contributed by atoms with E-state index >= 15 is 0 Å². The van der Waals surface area contributed by atoms with E-state index in [1.54, 1.807) is 0 Å². The monoisotopic (exact) mass is 172 g/mol. The molecule has 2 heteroatoms. The van der Waals surface area contributed by atoms with Crippen molar-refractivity contribution in [2.24, 2.45) is 4.99 Å². The molecule has 1 N–H and O–H groups in total. The lowest BCUT2D eigenvalue weighted by Crippen LogP contribution is -1.85. The third-order valence-electron chi connectivity index (χ3n) is 0.651. The minimum atomic E-state index is 0.468. The topological polar surface area (TPSA) is 36.2 Å². The third kappa shape index (κ3) is 58.2. The van der Waals surface area contributed by atoms with Crippen molar-refractivity contribution < 1.29 is 0 Å². The predicted molar refractivity (Wildman–Crippen MR) is 59.7 cm³/mol. The van der Waals surface area contributed by atoms with Crippen molar-refractivity contribution in [2.75, 3.05) is 0 Å². The molecule has 0 heterocycles. The summed E-state index contributed by atoms with van der Waals surface area (Å²) in [6, 6.07) is 0.468. The second-order valence-corrected chi connectivity index (χ2v) is 2.11. The zero-order chi connectivity index (χ0) is 10.4. The third-order valence-corrected chi connectivity index (χ3v) is 0.651. The maximum atomic E-state index is 6.33. The van der Waals surface area contributed by atoms with E-state index < -0.39 is 0 Å². The van der Waals surface area contributed by atoms with Crippen molar-refractivity contribution >= 4 is 12.4 Å². The molecule has 0 amide bonds. The van der Waals surface area contributed by atoms with Gasteiger partial charge in [0.25, 0.3) is 0 Å². The van der Waals surface area contributed by atoms with E-state index in [0.717, 1.165) is 6.42 Å². The Morgan fingerprint density at radius 2 is 1.67 bits per heavy atom. The first-order valence-electron chi connectivity index (χ1n) is 4.65. The Balaban J connectivity index is -0.000000118. The van der Waals surface area contributed by atoms with E-state index in [4.69, 9.17) is 5.41 Å². The molecule has 12 heavy (non-hydrogen) atoms. The summed E-state index contributed by atoms with van der Waals surface area (Å²) in [6.45, 7) is 12.0. The van der Waals surface area contributed by atoms with Gasteiger partial charge >= 0.3 is 0 Å². The smallest absolute Gasteiger partial charge is 0.0439 e. The molecule has 2 nitrogen and oxygen atoms in total. The molecular formula is C10H24N2. The highest BCUT2D eigenvalue weighted by Crippen LogP contribution is 1.80. The quantitative estimate of drug-likeness (QED) is 0.618. The van der Waals surface area contributed by atoms with Crippen LogP contribution in [-0.2, 0) is 0 Å². The fraction of sp³-hybridized carbons (Fsp3) is 0.800. The lowest BCUT2D eigenvalue weighted by molar-refractivity contribution is 0.840. The van der Waals surface area contributed by atoms with Gasteiger partial charge in [0, 0.05) is 6.04 Å². The second-order valence-electron chi connectivity index (χ2n) is 2.11. The Morgan fingerprint density at radius 3 is 1.67 bits per heavy atom. The van der Waals surface area contributed by atoms with Crippen molar-refractivity contribution in [3.05, 3.63) is 0 Å². The van der Waals surface area contributed by atoms with Crippen molar-refractivity contribution in [1.29, 1.82) is 5.41 Å². The van der Waals surface area contributed by atoms with Crippen LogP contribution in [0, 0.1) is 5.41 Å². The number of hydrogen-bond acceptors (Lipinski definition) is 2. The normalized spacial score (nSPS) is 8.25. The van der Waals surface area contributed by atoms with Crippen molar-refractivity contribution in [3.63, 3.8) is 0 Å². The Morgan fingerprint density at radius 1 is 1.33 bits per heavy atom. The van der Waals surface area contributed by atoms with Gasteiger partial charge in [0.05, 0.1) is 0 Å². The molecule has 0 saturated carbocycles. The SMILES string of the molecule is CC.CC=NC(C)C.CCC=N. The van der Waals surface area contributed by atoms with E-state index in [1.165, 1.54) is 6.21 Å². The standard InChI is InChI=1S/C5H11N.C3H7N.C2H6/c1-4-6-5(2)3;1-2-3-4;1-2/h4-5H,1-3H3;3-4H,2H2,1H3;1-2H3. The Labute approximate surface area is 77.6 Å². The average Bonchev–Trinajstić information content (AvgIpc) is 2.08. The minimum absolute atomic E-state index is 0.468. The van der Waals surface area contributed by atoms with Crippen LogP contribution in [0.25, 0.3) is 0 Å². The predicted octanol–water partition coefficient (Wildman–Crippen LogP) is 3.56. The zero-order valence-electron chi connectivity index (χ0n) is 9.39. The molecule has 0 aromatic carbocycles. The van der Waals surface area contributed by atoms with Crippen molar-refractivity contribution in [2.45, 2.75) is 54.0 Å². The molecule has 0 aromatic heterocycles. The first-order chi connectivity index (χ1) is 5.68. The van der Waals surface area contributed by atoms with Crippen LogP contribution in [-0.4, -0.2) is 18.5 Å². The Bertz CT molecular complexity index is 85.8. The molecule has 0 saturated heterocycles. The van der Waals surface area contributed by atoms with E-state index in [9.17, 15) is 0 Å². The van der Waals surface area contributed by atoms with E-state index in [-0.39, 0.29) is 0 Å². The van der Waals surface area contributed by atoms with Gasteiger partial charge in [-0.2, -0.15) is 0 Å². The molecular weight excluding hydrogens is 148 g/mol. The molecule has 0 aromatic rings. The highest BCUT2D eigenvalue weighted by Gasteiger charge is 1.76. The van der Waals surface area contributed by atoms with Gasteiger partial charge in [0.15, 0.2) is 0 Å². The fourth-order valence-corrected chi connectivity index (χ4v) is 0.298. The molecule has 0 bridgehead atoms. The van der Waals surface area contributed by atoms with Crippen molar-refractivity contribution in [3.8, 4) is 0 Å². The molecule has 0 rings (SSSR count). The van der Waals surface area contributed by atoms with Crippen LogP contribution in [0.1, 0.15) is 48.0 Å². The fourth-order valence-electron chi connectivity index (χ4n) is 0.298. The minimum Gasteiger partial charge on any atom is -0.313 e. The molecule has 74 valence electrons. The number of aliphatic imine (C=N–C) groups is 1. The summed E-state index contributed by atoms with van der Waals surface area (Å²) in [7, 11) is 0. The molecule has 0 radical (unpaired) electrons. The van der Waals surface area contributed by atoms with E-state index in [1.807, 2.05) is 33.9 Å². The number of hydrogen-bond donors (Lipinski definition) is 1. The summed E-state index contributed by atoms with van der Waals surface area (Å²) in [5.74, 6) is 0. The van der Waals surface area contributed by atoms with Crippen LogP contribution in [0.2, 0.25) is 0 Å². The van der Waals surface area contributed by atoms with Gasteiger partial charge in [-0.1, -0.05) is 20.8 Å². The summed E-state index contributed by atoms with van der Waals surface area (Å²) in [5.41, 5.74) is 0. The average molecular weight is 172 g/mol. The number of nitrogens with zero attached hydrogens (tertiary/aromatic N) is 1. The van der Waals surface area contributed by atoms with Crippen LogP contribution in [0.15, 0.2) is 4.99 Å².